The number of ether oxygens (including phenoxy) is 2. The Labute approximate surface area is 208 Å². The summed E-state index contributed by atoms with van der Waals surface area (Å²) in [6.45, 7) is 5.29. The molecule has 0 aliphatic heterocycles. The number of pyridine rings is 1. The summed E-state index contributed by atoms with van der Waals surface area (Å²) in [5.41, 5.74) is 1.63. The average Bonchev–Trinajstić information content (AvgIpc) is 3.30. The van der Waals surface area contributed by atoms with E-state index >= 15 is 0 Å². The van der Waals surface area contributed by atoms with Gasteiger partial charge in [0.1, 0.15) is 23.6 Å². The van der Waals surface area contributed by atoms with Gasteiger partial charge < -0.3 is 9.47 Å². The van der Waals surface area contributed by atoms with Crippen LogP contribution in [0.5, 0.6) is 11.8 Å². The molecule has 4 heterocycles. The molecule has 4 aromatic heterocycles. The molecule has 36 heavy (non-hydrogen) atoms. The molecule has 0 bridgehead atoms. The quantitative estimate of drug-likeness (QED) is 0.327. The third-order valence-electron chi connectivity index (χ3n) is 5.80. The summed E-state index contributed by atoms with van der Waals surface area (Å²) in [5.74, 6) is 0.309. The fraction of sp³-hybridized carbons (Fsp3) is 0.348. The lowest BCUT2D eigenvalue weighted by molar-refractivity contribution is 0.368. The van der Waals surface area contributed by atoms with Crippen molar-refractivity contribution in [3.8, 4) is 29.0 Å². The molecule has 0 unspecified atom stereocenters. The van der Waals surface area contributed by atoms with Crippen molar-refractivity contribution in [3.63, 3.8) is 0 Å². The van der Waals surface area contributed by atoms with E-state index in [0.29, 0.717) is 11.5 Å². The van der Waals surface area contributed by atoms with Crippen LogP contribution in [0.15, 0.2) is 43.1 Å². The van der Waals surface area contributed by atoms with Gasteiger partial charge in [0.15, 0.2) is 27.2 Å². The predicted octanol–water partition coefficient (Wildman–Crippen LogP) is 2.34. The number of sulfone groups is 1. The fourth-order valence-electron chi connectivity index (χ4n) is 3.61. The summed E-state index contributed by atoms with van der Waals surface area (Å²) in [4.78, 5) is 21.3. The molecule has 2 atom stereocenters. The van der Waals surface area contributed by atoms with Crippen LogP contribution >= 0.6 is 0 Å². The lowest BCUT2D eigenvalue weighted by Gasteiger charge is -2.20. The molecule has 13 heteroatoms. The van der Waals surface area contributed by atoms with Crippen LogP contribution in [0.3, 0.4) is 0 Å². The highest BCUT2D eigenvalue weighted by atomic mass is 32.2. The summed E-state index contributed by atoms with van der Waals surface area (Å²) < 4.78 is 39.6. The van der Waals surface area contributed by atoms with Crippen molar-refractivity contribution in [1.29, 1.82) is 0 Å². The summed E-state index contributed by atoms with van der Waals surface area (Å²) >= 11 is 0. The molecule has 0 N–H and O–H groups in total. The highest BCUT2D eigenvalue weighted by Gasteiger charge is 2.33. The van der Waals surface area contributed by atoms with E-state index in [1.807, 2.05) is 6.92 Å². The molecule has 4 aromatic rings. The van der Waals surface area contributed by atoms with Crippen LogP contribution in [-0.2, 0) is 15.6 Å². The molecule has 0 saturated carbocycles. The largest absolute Gasteiger partial charge is 0.479 e. The van der Waals surface area contributed by atoms with Gasteiger partial charge in [0, 0.05) is 24.5 Å². The number of rotatable bonds is 9. The number of nitrogens with zero attached hydrogens (tertiary/aromatic N) is 8. The first-order chi connectivity index (χ1) is 17.3. The number of hydrogen-bond donors (Lipinski definition) is 0. The highest BCUT2D eigenvalue weighted by molar-refractivity contribution is 7.91. The van der Waals surface area contributed by atoms with Crippen molar-refractivity contribution >= 4 is 9.84 Å². The van der Waals surface area contributed by atoms with Gasteiger partial charge in [-0.25, -0.2) is 18.4 Å². The number of methoxy groups -OCH3 is 2. The molecular formula is C23H26N8O4S. The number of aromatic nitrogens is 8. The Bertz CT molecular complexity index is 1420. The van der Waals surface area contributed by atoms with Crippen molar-refractivity contribution in [2.24, 2.45) is 0 Å². The van der Waals surface area contributed by atoms with Crippen LogP contribution in [-0.4, -0.2) is 67.6 Å². The molecule has 0 spiro atoms. The van der Waals surface area contributed by atoms with Gasteiger partial charge in [-0.3, -0.25) is 9.55 Å². The molecule has 12 nitrogen and oxygen atoms in total. The molecule has 0 amide bonds. The fourth-order valence-corrected chi connectivity index (χ4v) is 5.17. The SMILES string of the molecule is COc1ncnc(OC)c1-n1c(CS(=O)(=O)[C@@H](C)[C@H](C)c2ncc(C)cn2)nnc1-c1ccccn1. The van der Waals surface area contributed by atoms with Gasteiger partial charge in [0.05, 0.1) is 19.5 Å². The molecule has 0 aliphatic rings. The van der Waals surface area contributed by atoms with E-state index in [0.717, 1.165) is 5.56 Å². The van der Waals surface area contributed by atoms with Gasteiger partial charge in [-0.2, -0.15) is 9.97 Å². The Balaban J connectivity index is 1.81. The van der Waals surface area contributed by atoms with Gasteiger partial charge in [-0.1, -0.05) is 13.0 Å². The smallest absolute Gasteiger partial charge is 0.245 e. The summed E-state index contributed by atoms with van der Waals surface area (Å²) in [7, 11) is -0.871. The summed E-state index contributed by atoms with van der Waals surface area (Å²) in [6, 6.07) is 5.29. The first-order valence-corrected chi connectivity index (χ1v) is 12.8. The maximum absolute atomic E-state index is 13.6. The van der Waals surface area contributed by atoms with Crippen molar-refractivity contribution in [3.05, 3.63) is 60.3 Å². The monoisotopic (exact) mass is 510 g/mol. The third-order valence-corrected chi connectivity index (χ3v) is 8.00. The molecular weight excluding hydrogens is 484 g/mol. The van der Waals surface area contributed by atoms with Crippen LogP contribution in [0, 0.1) is 6.92 Å². The van der Waals surface area contributed by atoms with Gasteiger partial charge in [-0.15, -0.1) is 10.2 Å². The van der Waals surface area contributed by atoms with Gasteiger partial charge in [0.25, 0.3) is 0 Å². The minimum atomic E-state index is -3.76. The van der Waals surface area contributed by atoms with Crippen LogP contribution in [0.2, 0.25) is 0 Å². The van der Waals surface area contributed by atoms with Gasteiger partial charge in [0.2, 0.25) is 11.8 Å². The Hall–Kier alpha value is -4.00. The second-order valence-electron chi connectivity index (χ2n) is 8.15. The van der Waals surface area contributed by atoms with Crippen molar-refractivity contribution in [1.82, 2.24) is 39.7 Å². The van der Waals surface area contributed by atoms with E-state index < -0.39 is 26.8 Å². The molecule has 0 aliphatic carbocycles. The Morgan fingerprint density at radius 1 is 0.944 bits per heavy atom. The number of hydrogen-bond acceptors (Lipinski definition) is 11. The molecule has 0 saturated heterocycles. The molecule has 0 fully saturated rings. The minimum Gasteiger partial charge on any atom is -0.479 e. The van der Waals surface area contributed by atoms with Crippen LogP contribution in [0.1, 0.15) is 37.0 Å². The van der Waals surface area contributed by atoms with E-state index in [1.54, 1.807) is 50.6 Å². The molecule has 0 aromatic carbocycles. The van der Waals surface area contributed by atoms with Gasteiger partial charge in [-0.05, 0) is 31.5 Å². The second kappa shape index (κ2) is 10.3. The topological polar surface area (TPSA) is 148 Å². The van der Waals surface area contributed by atoms with Gasteiger partial charge >= 0.3 is 0 Å². The maximum atomic E-state index is 13.6. The average molecular weight is 511 g/mol. The van der Waals surface area contributed by atoms with Crippen LogP contribution in [0.25, 0.3) is 17.2 Å². The predicted molar refractivity (Wildman–Crippen MR) is 131 cm³/mol. The van der Waals surface area contributed by atoms with E-state index in [1.165, 1.54) is 25.1 Å². The lowest BCUT2D eigenvalue weighted by atomic mass is 10.1. The zero-order chi connectivity index (χ0) is 25.9. The Morgan fingerprint density at radius 2 is 1.61 bits per heavy atom. The van der Waals surface area contributed by atoms with Crippen LogP contribution < -0.4 is 9.47 Å². The molecule has 0 radical (unpaired) electrons. The van der Waals surface area contributed by atoms with E-state index in [9.17, 15) is 8.42 Å². The zero-order valence-corrected chi connectivity index (χ0v) is 21.3. The zero-order valence-electron chi connectivity index (χ0n) is 20.5. The van der Waals surface area contributed by atoms with E-state index in [2.05, 4.69) is 35.1 Å². The van der Waals surface area contributed by atoms with Crippen molar-refractivity contribution < 1.29 is 17.9 Å². The summed E-state index contributed by atoms with van der Waals surface area (Å²) in [5, 5.41) is 7.69. The maximum Gasteiger partial charge on any atom is 0.245 e. The highest BCUT2D eigenvalue weighted by Crippen LogP contribution is 2.34. The normalized spacial score (nSPS) is 13.2. The standard InChI is InChI=1S/C23H26N8O4S/c1-14-10-25-20(26-11-14)15(2)16(3)36(32,33)12-18-29-30-21(17-8-6-7-9-24-17)31(18)19-22(34-4)27-13-28-23(19)35-5/h6-11,13,15-16H,12H2,1-5H3/t15-,16-/m0/s1. The Morgan fingerprint density at radius 3 is 2.19 bits per heavy atom. The number of aryl methyl sites for hydroxylation is 1. The van der Waals surface area contributed by atoms with E-state index in [4.69, 9.17) is 9.47 Å². The lowest BCUT2D eigenvalue weighted by Crippen LogP contribution is -2.27. The van der Waals surface area contributed by atoms with Crippen LogP contribution in [0.4, 0.5) is 0 Å². The van der Waals surface area contributed by atoms with Crippen molar-refractivity contribution in [2.45, 2.75) is 37.7 Å². The van der Waals surface area contributed by atoms with Crippen molar-refractivity contribution in [2.75, 3.05) is 14.2 Å². The first-order valence-electron chi connectivity index (χ1n) is 11.1. The Kier molecular flexibility index (Phi) is 7.20. The third kappa shape index (κ3) is 4.87. The summed E-state index contributed by atoms with van der Waals surface area (Å²) in [6.07, 6.45) is 6.23. The van der Waals surface area contributed by atoms with E-state index in [-0.39, 0.29) is 29.1 Å². The second-order valence-corrected chi connectivity index (χ2v) is 10.5. The molecule has 188 valence electrons. The first kappa shape index (κ1) is 25.1. The minimum absolute atomic E-state index is 0.130. The molecule has 4 rings (SSSR count).